The van der Waals surface area contributed by atoms with E-state index in [0.717, 1.165) is 54.1 Å². The smallest absolute Gasteiger partial charge is 0.416 e. The zero-order chi connectivity index (χ0) is 50.6. The fourth-order valence-electron chi connectivity index (χ4n) is 8.22. The van der Waals surface area contributed by atoms with Gasteiger partial charge in [0.2, 0.25) is 11.1 Å². The molecule has 0 saturated carbocycles. The second-order valence-electron chi connectivity index (χ2n) is 16.0. The number of hydrogen-bond acceptors (Lipinski definition) is 8. The number of rotatable bonds is 6. The second-order valence-corrected chi connectivity index (χ2v) is 16.0. The van der Waals surface area contributed by atoms with Crippen LogP contribution in [0, 0.1) is 52.2 Å². The summed E-state index contributed by atoms with van der Waals surface area (Å²) in [7, 11) is 0. The van der Waals surface area contributed by atoms with E-state index in [9.17, 15) is 60.6 Å². The molecular weight excluding hydrogens is 936 g/mol. The van der Waals surface area contributed by atoms with Gasteiger partial charge in [0, 0.05) is 0 Å². The van der Waals surface area contributed by atoms with Crippen molar-refractivity contribution in [3.63, 3.8) is 0 Å². The fraction of sp³-hybridized carbons (Fsp3) is 0.0741. The summed E-state index contributed by atoms with van der Waals surface area (Å²) in [6.45, 7) is 1.82. The molecule has 0 amide bonds. The third-order valence-electron chi connectivity index (χ3n) is 11.5. The summed E-state index contributed by atoms with van der Waals surface area (Å²) in [6.07, 6.45) is -14.5. The van der Waals surface area contributed by atoms with Gasteiger partial charge in [-0.05, 0) is 111 Å². The zero-order valence-corrected chi connectivity index (χ0v) is 36.1. The number of halogens is 9. The summed E-state index contributed by atoms with van der Waals surface area (Å²) in [4.78, 5) is 9.13. The number of fused-ring (bicyclic) bond motifs is 2. The molecule has 9 aromatic rings. The molecule has 2 aromatic heterocycles. The molecule has 0 aliphatic heterocycles. The van der Waals surface area contributed by atoms with Gasteiger partial charge in [-0.25, -0.2) is 9.97 Å². The molecule has 17 heteroatoms. The minimum absolute atomic E-state index is 0.00977. The van der Waals surface area contributed by atoms with Gasteiger partial charge < -0.3 is 8.83 Å². The van der Waals surface area contributed by atoms with E-state index in [1.165, 1.54) is 42.5 Å². The normalized spacial score (nSPS) is 11.7. The summed E-state index contributed by atoms with van der Waals surface area (Å²) in [5.74, 6) is 0. The largest absolute Gasteiger partial charge is 0.434 e. The minimum Gasteiger partial charge on any atom is -0.434 e. The highest BCUT2D eigenvalue weighted by Gasteiger charge is 2.35. The molecule has 7 aromatic carbocycles. The van der Waals surface area contributed by atoms with Crippen LogP contribution < -0.4 is 11.1 Å². The topological polar surface area (TPSA) is 147 Å². The first-order valence-corrected chi connectivity index (χ1v) is 20.8. The molecule has 0 unspecified atom stereocenters. The summed E-state index contributed by atoms with van der Waals surface area (Å²) < 4.78 is 141. The Bertz CT molecular complexity index is 3820. The lowest BCUT2D eigenvalue weighted by molar-refractivity contribution is -0.138. The Morgan fingerprint density at radius 1 is 0.408 bits per heavy atom. The second kappa shape index (κ2) is 17.6. The first-order valence-electron chi connectivity index (χ1n) is 20.8. The molecule has 0 saturated heterocycles. The average Bonchev–Trinajstić information content (AvgIpc) is 3.98. The SMILES string of the molecule is Cc1ccc(-c2cc(-c3ccccc3-c3c4nc(=C(C#N)C#N)oc4c(-c4ccccc4-c4cc(-c5ccc(C(F)(F)F)cc5)cc(C(F)(F)F)c4)c4nc(=C(C#N)C#N)oc34)cc(C(F)(F)F)c2)cc1. The van der Waals surface area contributed by atoms with E-state index < -0.39 is 57.5 Å². The van der Waals surface area contributed by atoms with Crippen LogP contribution in [0.5, 0.6) is 0 Å². The van der Waals surface area contributed by atoms with E-state index in [0.29, 0.717) is 5.56 Å². The van der Waals surface area contributed by atoms with Crippen molar-refractivity contribution in [2.45, 2.75) is 25.5 Å². The maximum absolute atomic E-state index is 14.7. The van der Waals surface area contributed by atoms with Gasteiger partial charge in [0.05, 0.1) is 27.8 Å². The first kappa shape index (κ1) is 46.7. The molecule has 0 aliphatic rings. The number of hydrogen-bond donors (Lipinski definition) is 0. The molecule has 0 aliphatic carbocycles. The van der Waals surface area contributed by atoms with Gasteiger partial charge in [-0.1, -0.05) is 90.5 Å². The van der Waals surface area contributed by atoms with E-state index in [4.69, 9.17) is 8.83 Å². The summed E-state index contributed by atoms with van der Waals surface area (Å²) in [5, 5.41) is 40.1. The van der Waals surface area contributed by atoms with E-state index in [2.05, 4.69) is 9.97 Å². The van der Waals surface area contributed by atoms with E-state index in [1.54, 1.807) is 66.7 Å². The quantitative estimate of drug-likeness (QED) is 0.150. The zero-order valence-electron chi connectivity index (χ0n) is 36.1. The van der Waals surface area contributed by atoms with E-state index in [-0.39, 0.29) is 83.4 Å². The Morgan fingerprint density at radius 3 is 1.10 bits per heavy atom. The van der Waals surface area contributed by atoms with Crippen LogP contribution in [0.2, 0.25) is 0 Å². The van der Waals surface area contributed by atoms with Crippen molar-refractivity contribution in [1.82, 2.24) is 9.97 Å². The highest BCUT2D eigenvalue weighted by molar-refractivity contribution is 6.18. The van der Waals surface area contributed by atoms with Gasteiger partial charge in [0.25, 0.3) is 0 Å². The van der Waals surface area contributed by atoms with Crippen LogP contribution in [0.15, 0.2) is 142 Å². The number of oxazole rings is 2. The van der Waals surface area contributed by atoms with Crippen LogP contribution in [-0.2, 0) is 18.5 Å². The molecule has 0 spiro atoms. The predicted octanol–water partition coefficient (Wildman–Crippen LogP) is 13.7. The van der Waals surface area contributed by atoms with Gasteiger partial charge in [-0.15, -0.1) is 0 Å². The molecule has 2 heterocycles. The predicted molar refractivity (Wildman–Crippen MR) is 242 cm³/mol. The molecule has 346 valence electrons. The third kappa shape index (κ3) is 8.69. The molecule has 9 rings (SSSR count). The molecule has 71 heavy (non-hydrogen) atoms. The Hall–Kier alpha value is -9.45. The molecule has 0 radical (unpaired) electrons. The van der Waals surface area contributed by atoms with E-state index >= 15 is 0 Å². The minimum atomic E-state index is -4.97. The molecular formula is C54H25F9N6O2. The Kier molecular flexibility index (Phi) is 11.5. The van der Waals surface area contributed by atoms with Crippen molar-refractivity contribution in [1.29, 1.82) is 21.0 Å². The monoisotopic (exact) mass is 960 g/mol. The Labute approximate surface area is 394 Å². The fourth-order valence-corrected chi connectivity index (χ4v) is 8.22. The first-order chi connectivity index (χ1) is 33.8. The van der Waals surface area contributed by atoms with Crippen molar-refractivity contribution in [2.24, 2.45) is 0 Å². The van der Waals surface area contributed by atoms with E-state index in [1.807, 2.05) is 6.92 Å². The number of alkyl halides is 9. The summed E-state index contributed by atoms with van der Waals surface area (Å²) >= 11 is 0. The van der Waals surface area contributed by atoms with Crippen LogP contribution in [0.3, 0.4) is 0 Å². The molecule has 0 N–H and O–H groups in total. The van der Waals surface area contributed by atoms with Crippen LogP contribution >= 0.6 is 0 Å². The van der Waals surface area contributed by atoms with Crippen molar-refractivity contribution in [3.05, 3.63) is 167 Å². The summed E-state index contributed by atoms with van der Waals surface area (Å²) in [6, 6.07) is 35.6. The lowest BCUT2D eigenvalue weighted by atomic mass is 9.87. The highest BCUT2D eigenvalue weighted by atomic mass is 19.4. The standard InChI is InChI=1S/C54H25F9N6O2/c1-28-10-12-29(13-11-28)31-18-33(22-38(20-31)53(58,59)60)40-6-2-4-8-42(40)44-46-49(71-50(68-46)35(24-64)25-65)45(47-48(44)70-51(69-47)36(26-66)27-67)43-9-5-3-7-41(43)34-19-32(21-39(23-34)54(61,62)63)30-14-16-37(17-15-30)52(55,56)57/h2-23H,1H3. The van der Waals surface area contributed by atoms with Gasteiger partial charge in [0.1, 0.15) is 35.3 Å². The molecule has 0 fully saturated rings. The van der Waals surface area contributed by atoms with Crippen molar-refractivity contribution in [2.75, 3.05) is 0 Å². The molecule has 0 atom stereocenters. The Balaban J connectivity index is 1.40. The lowest BCUT2D eigenvalue weighted by Crippen LogP contribution is -2.06. The van der Waals surface area contributed by atoms with Crippen LogP contribution in [-0.4, -0.2) is 9.97 Å². The van der Waals surface area contributed by atoms with Crippen molar-refractivity contribution >= 4 is 33.3 Å². The highest BCUT2D eigenvalue weighted by Crippen LogP contribution is 2.48. The number of nitrogens with zero attached hydrogens (tertiary/aromatic N) is 6. The number of nitriles is 4. The molecule has 0 bridgehead atoms. The van der Waals surface area contributed by atoms with Gasteiger partial charge in [-0.2, -0.15) is 60.6 Å². The number of aromatic nitrogens is 2. The van der Waals surface area contributed by atoms with Crippen LogP contribution in [0.4, 0.5) is 39.5 Å². The van der Waals surface area contributed by atoms with Gasteiger partial charge in [0.15, 0.2) is 22.3 Å². The summed E-state index contributed by atoms with van der Waals surface area (Å²) in [5.41, 5.74) is -4.81. The maximum atomic E-state index is 14.7. The number of benzene rings is 7. The lowest BCUT2D eigenvalue weighted by Gasteiger charge is -2.17. The van der Waals surface area contributed by atoms with Gasteiger partial charge >= 0.3 is 18.5 Å². The maximum Gasteiger partial charge on any atom is 0.416 e. The van der Waals surface area contributed by atoms with Crippen molar-refractivity contribution < 1.29 is 48.3 Å². The Morgan fingerprint density at radius 2 is 0.746 bits per heavy atom. The molecule has 8 nitrogen and oxygen atoms in total. The van der Waals surface area contributed by atoms with Crippen molar-refractivity contribution in [3.8, 4) is 91.0 Å². The third-order valence-corrected chi connectivity index (χ3v) is 11.5. The van der Waals surface area contributed by atoms with Gasteiger partial charge in [-0.3, -0.25) is 0 Å². The van der Waals surface area contributed by atoms with Crippen LogP contribution in [0.25, 0.3) is 100 Å². The van der Waals surface area contributed by atoms with Crippen LogP contribution in [0.1, 0.15) is 22.3 Å². The number of aryl methyl sites for hydroxylation is 1. The average molecular weight is 961 g/mol.